The molecule has 0 saturated carbocycles. The lowest BCUT2D eigenvalue weighted by Gasteiger charge is -2.31. The van der Waals surface area contributed by atoms with Crippen LogP contribution in [0, 0.1) is 5.92 Å². The summed E-state index contributed by atoms with van der Waals surface area (Å²) in [6, 6.07) is 19.6. The molecule has 0 amide bonds. The van der Waals surface area contributed by atoms with Gasteiger partial charge in [-0.05, 0) is 43.9 Å². The molecule has 2 aromatic carbocycles. The van der Waals surface area contributed by atoms with E-state index in [0.717, 1.165) is 25.0 Å². The van der Waals surface area contributed by atoms with Crippen LogP contribution in [-0.4, -0.2) is 24.2 Å². The number of nitrogens with two attached hydrogens (primary N) is 1. The van der Waals surface area contributed by atoms with Gasteiger partial charge < -0.3 is 15.2 Å². The molecule has 4 atom stereocenters. The predicted molar refractivity (Wildman–Crippen MR) is 109 cm³/mol. The second-order valence-corrected chi connectivity index (χ2v) is 7.02. The molecule has 4 nitrogen and oxygen atoms in total. The monoisotopic (exact) mass is 389 g/mol. The largest absolute Gasteiger partial charge is 0.486 e. The minimum absolute atomic E-state index is 0. The van der Waals surface area contributed by atoms with Gasteiger partial charge in [0.05, 0.1) is 0 Å². The quantitative estimate of drug-likeness (QED) is 0.797. The van der Waals surface area contributed by atoms with Crippen LogP contribution in [0.3, 0.4) is 0 Å². The number of para-hydroxylation sites is 1. The van der Waals surface area contributed by atoms with Gasteiger partial charge in [0.25, 0.3) is 0 Å². The zero-order chi connectivity index (χ0) is 18.4. The summed E-state index contributed by atoms with van der Waals surface area (Å²) in [4.78, 5) is 12.2. The number of carbonyl (C=O) groups excluding carboxylic acids is 1. The van der Waals surface area contributed by atoms with Crippen molar-refractivity contribution in [1.29, 1.82) is 0 Å². The summed E-state index contributed by atoms with van der Waals surface area (Å²) in [5.74, 6) is 0.701. The Labute approximate surface area is 167 Å². The van der Waals surface area contributed by atoms with Gasteiger partial charge in [0.15, 0.2) is 0 Å². The van der Waals surface area contributed by atoms with Crippen molar-refractivity contribution in [3.8, 4) is 5.75 Å². The van der Waals surface area contributed by atoms with Crippen molar-refractivity contribution in [2.75, 3.05) is 0 Å². The van der Waals surface area contributed by atoms with Gasteiger partial charge in [0.2, 0.25) is 0 Å². The molecule has 1 saturated heterocycles. The molecule has 0 aromatic heterocycles. The van der Waals surface area contributed by atoms with Crippen LogP contribution in [0.5, 0.6) is 5.75 Å². The molecule has 5 heteroatoms. The highest BCUT2D eigenvalue weighted by atomic mass is 35.5. The Balaban J connectivity index is 0.00000261. The molecular formula is C22H28ClNO3. The molecule has 2 aromatic rings. The summed E-state index contributed by atoms with van der Waals surface area (Å²) in [7, 11) is 0. The number of halogens is 1. The van der Waals surface area contributed by atoms with E-state index < -0.39 is 6.04 Å². The van der Waals surface area contributed by atoms with Crippen LogP contribution in [0.15, 0.2) is 60.7 Å². The Morgan fingerprint density at radius 2 is 1.67 bits per heavy atom. The lowest BCUT2D eigenvalue weighted by molar-refractivity contribution is -0.155. The maximum atomic E-state index is 12.2. The molecule has 1 fully saturated rings. The first-order valence-corrected chi connectivity index (χ1v) is 9.35. The number of hydrogen-bond acceptors (Lipinski definition) is 4. The smallest absolute Gasteiger partial charge is 0.323 e. The number of cyclic esters (lactones) is 1. The second kappa shape index (κ2) is 10.3. The summed E-state index contributed by atoms with van der Waals surface area (Å²) in [6.07, 6.45) is 2.79. The molecule has 146 valence electrons. The number of benzene rings is 2. The van der Waals surface area contributed by atoms with Crippen LogP contribution >= 0.6 is 12.4 Å². The first-order chi connectivity index (χ1) is 12.6. The average Bonchev–Trinajstić information content (AvgIpc) is 2.70. The Hall–Kier alpha value is -2.04. The van der Waals surface area contributed by atoms with Gasteiger partial charge in [-0.2, -0.15) is 0 Å². The van der Waals surface area contributed by atoms with Crippen LogP contribution in [0.4, 0.5) is 0 Å². The summed E-state index contributed by atoms with van der Waals surface area (Å²) in [5.41, 5.74) is 7.23. The molecule has 0 spiro atoms. The minimum atomic E-state index is -0.551. The first-order valence-electron chi connectivity index (χ1n) is 9.35. The molecule has 0 radical (unpaired) electrons. The third kappa shape index (κ3) is 5.98. The van der Waals surface area contributed by atoms with Gasteiger partial charge in [-0.1, -0.05) is 55.0 Å². The Morgan fingerprint density at radius 1 is 1.04 bits per heavy atom. The van der Waals surface area contributed by atoms with E-state index in [1.807, 2.05) is 43.3 Å². The van der Waals surface area contributed by atoms with Crippen molar-refractivity contribution in [1.82, 2.24) is 0 Å². The summed E-state index contributed by atoms with van der Waals surface area (Å²) in [5, 5.41) is 0. The number of rotatable bonds is 4. The van der Waals surface area contributed by atoms with Crippen LogP contribution in [0.25, 0.3) is 0 Å². The molecule has 3 rings (SSSR count). The number of ether oxygens (including phenoxy) is 2. The summed E-state index contributed by atoms with van der Waals surface area (Å²) < 4.78 is 12.0. The van der Waals surface area contributed by atoms with E-state index in [1.54, 1.807) is 0 Å². The van der Waals surface area contributed by atoms with Crippen LogP contribution in [0.1, 0.15) is 31.7 Å². The molecule has 0 bridgehead atoms. The molecule has 1 aliphatic rings. The van der Waals surface area contributed by atoms with Crippen LogP contribution in [0.2, 0.25) is 0 Å². The highest BCUT2D eigenvalue weighted by molar-refractivity contribution is 5.85. The van der Waals surface area contributed by atoms with E-state index in [4.69, 9.17) is 15.2 Å². The summed E-state index contributed by atoms with van der Waals surface area (Å²) >= 11 is 0. The lowest BCUT2D eigenvalue weighted by atomic mass is 9.87. The third-order valence-electron chi connectivity index (χ3n) is 4.98. The normalized spacial score (nSPS) is 25.9. The van der Waals surface area contributed by atoms with E-state index in [0.29, 0.717) is 6.42 Å². The highest BCUT2D eigenvalue weighted by Gasteiger charge is 2.34. The lowest BCUT2D eigenvalue weighted by Crippen LogP contribution is -2.42. The van der Waals surface area contributed by atoms with Gasteiger partial charge in [0, 0.05) is 5.92 Å². The number of hydrogen-bond donors (Lipinski definition) is 1. The van der Waals surface area contributed by atoms with Gasteiger partial charge >= 0.3 is 5.97 Å². The standard InChI is InChI=1S/C22H27NO3.ClH/c1-16-21(26-19-12-6-3-7-13-19)18(15-17-9-4-2-5-10-17)11-8-14-20(23)22(24)25-16;/h2-7,9-10,12-13,16,18,20-21H,8,11,14-15,23H2,1H3;1H/t16-,18+,20-,21-;/m0./s1. The molecule has 1 aliphatic heterocycles. The van der Waals surface area contributed by atoms with Crippen molar-refractivity contribution >= 4 is 18.4 Å². The SMILES string of the molecule is C[C@@H]1OC(=O)[C@@H](N)CCC[C@H](Cc2ccccc2)[C@H]1Oc1ccccc1.Cl. The van der Waals surface area contributed by atoms with E-state index in [2.05, 4.69) is 24.3 Å². The number of carbonyl (C=O) groups is 1. The van der Waals surface area contributed by atoms with Gasteiger partial charge in [-0.3, -0.25) is 4.79 Å². The molecule has 0 aliphatic carbocycles. The fourth-order valence-electron chi connectivity index (χ4n) is 3.59. The molecule has 0 unspecified atom stereocenters. The van der Waals surface area contributed by atoms with Gasteiger partial charge in [-0.15, -0.1) is 12.4 Å². The molecule has 2 N–H and O–H groups in total. The zero-order valence-electron chi connectivity index (χ0n) is 15.6. The maximum absolute atomic E-state index is 12.2. The van der Waals surface area contributed by atoms with Crippen molar-refractivity contribution in [2.45, 2.75) is 50.9 Å². The number of esters is 1. The van der Waals surface area contributed by atoms with Crippen LogP contribution in [-0.2, 0) is 16.0 Å². The topological polar surface area (TPSA) is 61.5 Å². The van der Waals surface area contributed by atoms with E-state index in [9.17, 15) is 4.79 Å². The average molecular weight is 390 g/mol. The fraction of sp³-hybridized carbons (Fsp3) is 0.409. The fourth-order valence-corrected chi connectivity index (χ4v) is 3.59. The highest BCUT2D eigenvalue weighted by Crippen LogP contribution is 2.28. The third-order valence-corrected chi connectivity index (χ3v) is 4.98. The van der Waals surface area contributed by atoms with E-state index in [-0.39, 0.29) is 36.5 Å². The second-order valence-electron chi connectivity index (χ2n) is 7.02. The van der Waals surface area contributed by atoms with Crippen molar-refractivity contribution in [3.63, 3.8) is 0 Å². The first kappa shape index (κ1) is 21.3. The Morgan fingerprint density at radius 3 is 2.33 bits per heavy atom. The van der Waals surface area contributed by atoms with Crippen LogP contribution < -0.4 is 10.5 Å². The minimum Gasteiger partial charge on any atom is -0.486 e. The summed E-state index contributed by atoms with van der Waals surface area (Å²) in [6.45, 7) is 1.90. The molecule has 27 heavy (non-hydrogen) atoms. The van der Waals surface area contributed by atoms with Crippen molar-refractivity contribution < 1.29 is 14.3 Å². The molecular weight excluding hydrogens is 362 g/mol. The maximum Gasteiger partial charge on any atom is 0.323 e. The Kier molecular flexibility index (Phi) is 8.14. The Bertz CT molecular complexity index is 695. The molecule has 1 heterocycles. The van der Waals surface area contributed by atoms with E-state index >= 15 is 0 Å². The zero-order valence-corrected chi connectivity index (χ0v) is 16.4. The van der Waals surface area contributed by atoms with Gasteiger partial charge in [-0.25, -0.2) is 0 Å². The van der Waals surface area contributed by atoms with E-state index in [1.165, 1.54) is 5.56 Å². The van der Waals surface area contributed by atoms with Gasteiger partial charge in [0.1, 0.15) is 24.0 Å². The van der Waals surface area contributed by atoms with Crippen molar-refractivity contribution in [2.24, 2.45) is 11.7 Å². The predicted octanol–water partition coefficient (Wildman–Crippen LogP) is 4.16. The van der Waals surface area contributed by atoms with Crippen molar-refractivity contribution in [3.05, 3.63) is 66.2 Å².